The van der Waals surface area contributed by atoms with Gasteiger partial charge in [0.2, 0.25) is 5.91 Å². The predicted octanol–water partition coefficient (Wildman–Crippen LogP) is 2.33. The highest BCUT2D eigenvalue weighted by atomic mass is 16.5. The molecule has 1 amide bonds. The Labute approximate surface area is 149 Å². The van der Waals surface area contributed by atoms with E-state index in [1.54, 1.807) is 13.3 Å². The third-order valence-electron chi connectivity index (χ3n) is 4.65. The Morgan fingerprint density at radius 3 is 2.92 bits per heavy atom. The average molecular weight is 342 g/mol. The average Bonchev–Trinajstić information content (AvgIpc) is 3.15. The molecule has 3 rings (SSSR count). The largest absolute Gasteiger partial charge is 0.497 e. The smallest absolute Gasteiger partial charge is 0.222 e. The molecule has 0 saturated carbocycles. The lowest BCUT2D eigenvalue weighted by atomic mass is 10.1. The van der Waals surface area contributed by atoms with Gasteiger partial charge < -0.3 is 14.5 Å². The molecule has 1 fully saturated rings. The Morgan fingerprint density at radius 1 is 1.32 bits per heavy atom. The standard InChI is InChI=1S/C19H26N4O2/c1-21(12-13-22-10-4-3-6-19(22)24)15-16-14-17(25-2)7-8-18(16)23-11-5-9-20-23/h5,7-9,11,14H,3-4,6,10,12-13,15H2,1-2H3. The normalized spacial score (nSPS) is 15.0. The maximum atomic E-state index is 11.9. The van der Waals surface area contributed by atoms with Crippen molar-refractivity contribution in [3.05, 3.63) is 42.2 Å². The molecule has 25 heavy (non-hydrogen) atoms. The van der Waals surface area contributed by atoms with Crippen LogP contribution in [0.5, 0.6) is 5.75 Å². The zero-order chi connectivity index (χ0) is 17.6. The van der Waals surface area contributed by atoms with Gasteiger partial charge in [0.15, 0.2) is 0 Å². The molecule has 0 aliphatic carbocycles. The number of likely N-dealkylation sites (N-methyl/N-ethyl adjacent to an activating group) is 1. The van der Waals surface area contributed by atoms with Crippen molar-refractivity contribution in [2.24, 2.45) is 0 Å². The van der Waals surface area contributed by atoms with Gasteiger partial charge in [-0.1, -0.05) is 0 Å². The van der Waals surface area contributed by atoms with Crippen LogP contribution in [0.3, 0.4) is 0 Å². The second-order valence-corrected chi connectivity index (χ2v) is 6.52. The fourth-order valence-corrected chi connectivity index (χ4v) is 3.21. The molecule has 2 aromatic rings. The number of benzene rings is 1. The Morgan fingerprint density at radius 2 is 2.20 bits per heavy atom. The van der Waals surface area contributed by atoms with E-state index < -0.39 is 0 Å². The first-order valence-corrected chi connectivity index (χ1v) is 8.80. The van der Waals surface area contributed by atoms with E-state index in [0.29, 0.717) is 12.3 Å². The number of carbonyl (C=O) groups excluding carboxylic acids is 1. The molecule has 1 aliphatic rings. The summed E-state index contributed by atoms with van der Waals surface area (Å²) in [5.74, 6) is 1.13. The van der Waals surface area contributed by atoms with Gasteiger partial charge in [-0.2, -0.15) is 5.10 Å². The van der Waals surface area contributed by atoms with Crippen LogP contribution in [0, 0.1) is 0 Å². The zero-order valence-electron chi connectivity index (χ0n) is 15.0. The predicted molar refractivity (Wildman–Crippen MR) is 96.9 cm³/mol. The summed E-state index contributed by atoms with van der Waals surface area (Å²) in [6.45, 7) is 3.30. The molecule has 6 nitrogen and oxygen atoms in total. The van der Waals surface area contributed by atoms with Gasteiger partial charge in [-0.05, 0) is 49.7 Å². The third-order valence-corrected chi connectivity index (χ3v) is 4.65. The second-order valence-electron chi connectivity index (χ2n) is 6.52. The molecule has 1 aromatic carbocycles. The minimum Gasteiger partial charge on any atom is -0.497 e. The van der Waals surface area contributed by atoms with Crippen LogP contribution in [0.4, 0.5) is 0 Å². The van der Waals surface area contributed by atoms with Crippen molar-refractivity contribution in [3.8, 4) is 11.4 Å². The molecule has 1 aromatic heterocycles. The maximum Gasteiger partial charge on any atom is 0.222 e. The van der Waals surface area contributed by atoms with Crippen molar-refractivity contribution >= 4 is 5.91 Å². The van der Waals surface area contributed by atoms with Gasteiger partial charge >= 0.3 is 0 Å². The van der Waals surface area contributed by atoms with Crippen LogP contribution in [-0.4, -0.2) is 59.3 Å². The number of amides is 1. The second kappa shape index (κ2) is 8.16. The van der Waals surface area contributed by atoms with Gasteiger partial charge in [-0.25, -0.2) is 4.68 Å². The fraction of sp³-hybridized carbons (Fsp3) is 0.474. The molecule has 0 atom stereocenters. The van der Waals surface area contributed by atoms with Crippen LogP contribution < -0.4 is 4.74 Å². The van der Waals surface area contributed by atoms with Crippen LogP contribution in [-0.2, 0) is 11.3 Å². The van der Waals surface area contributed by atoms with E-state index >= 15 is 0 Å². The quantitative estimate of drug-likeness (QED) is 0.775. The Hall–Kier alpha value is -2.34. The number of ether oxygens (including phenoxy) is 1. The van der Waals surface area contributed by atoms with Crippen LogP contribution in [0.1, 0.15) is 24.8 Å². The van der Waals surface area contributed by atoms with E-state index in [4.69, 9.17) is 4.74 Å². The number of nitrogens with zero attached hydrogens (tertiary/aromatic N) is 4. The lowest BCUT2D eigenvalue weighted by Crippen LogP contribution is -2.40. The molecular formula is C19H26N4O2. The van der Waals surface area contributed by atoms with Crippen molar-refractivity contribution in [1.29, 1.82) is 0 Å². The van der Waals surface area contributed by atoms with Crippen molar-refractivity contribution in [3.63, 3.8) is 0 Å². The van der Waals surface area contributed by atoms with Gasteiger partial charge in [-0.3, -0.25) is 4.79 Å². The van der Waals surface area contributed by atoms with Crippen molar-refractivity contribution in [2.45, 2.75) is 25.8 Å². The number of aromatic nitrogens is 2. The molecule has 0 N–H and O–H groups in total. The van der Waals surface area contributed by atoms with E-state index in [1.165, 1.54) is 0 Å². The number of methoxy groups -OCH3 is 1. The van der Waals surface area contributed by atoms with Crippen LogP contribution in [0.2, 0.25) is 0 Å². The first-order valence-electron chi connectivity index (χ1n) is 8.80. The number of carbonyl (C=O) groups is 1. The van der Waals surface area contributed by atoms with Crippen molar-refractivity contribution in [1.82, 2.24) is 19.6 Å². The molecular weight excluding hydrogens is 316 g/mol. The van der Waals surface area contributed by atoms with E-state index in [0.717, 1.165) is 56.0 Å². The van der Waals surface area contributed by atoms with E-state index in [1.807, 2.05) is 34.0 Å². The van der Waals surface area contributed by atoms with Crippen LogP contribution >= 0.6 is 0 Å². The lowest BCUT2D eigenvalue weighted by Gasteiger charge is -2.29. The first kappa shape index (κ1) is 17.5. The van der Waals surface area contributed by atoms with E-state index in [2.05, 4.69) is 23.1 Å². The fourth-order valence-electron chi connectivity index (χ4n) is 3.21. The number of rotatable bonds is 7. The number of hydrogen-bond acceptors (Lipinski definition) is 4. The zero-order valence-corrected chi connectivity index (χ0v) is 15.0. The highest BCUT2D eigenvalue weighted by molar-refractivity contribution is 5.76. The lowest BCUT2D eigenvalue weighted by molar-refractivity contribution is -0.133. The van der Waals surface area contributed by atoms with E-state index in [-0.39, 0.29) is 0 Å². The molecule has 6 heteroatoms. The minimum absolute atomic E-state index is 0.290. The molecule has 0 radical (unpaired) electrons. The van der Waals surface area contributed by atoms with Crippen LogP contribution in [0.25, 0.3) is 5.69 Å². The summed E-state index contributed by atoms with van der Waals surface area (Å²) >= 11 is 0. The monoisotopic (exact) mass is 342 g/mol. The Balaban J connectivity index is 1.67. The van der Waals surface area contributed by atoms with Crippen LogP contribution in [0.15, 0.2) is 36.7 Å². The summed E-state index contributed by atoms with van der Waals surface area (Å²) in [6.07, 6.45) is 6.57. The minimum atomic E-state index is 0.290. The van der Waals surface area contributed by atoms with Gasteiger partial charge in [0.25, 0.3) is 0 Å². The number of piperidine rings is 1. The van der Waals surface area contributed by atoms with Crippen molar-refractivity contribution < 1.29 is 9.53 Å². The molecule has 2 heterocycles. The van der Waals surface area contributed by atoms with Gasteiger partial charge in [0, 0.05) is 45.0 Å². The summed E-state index contributed by atoms with van der Waals surface area (Å²) in [7, 11) is 3.76. The summed E-state index contributed by atoms with van der Waals surface area (Å²) < 4.78 is 7.25. The molecule has 1 aliphatic heterocycles. The highest BCUT2D eigenvalue weighted by Gasteiger charge is 2.18. The third kappa shape index (κ3) is 4.39. The molecule has 0 spiro atoms. The van der Waals surface area contributed by atoms with Crippen molar-refractivity contribution in [2.75, 3.05) is 33.8 Å². The Kier molecular flexibility index (Phi) is 5.71. The molecule has 0 unspecified atom stereocenters. The SMILES string of the molecule is COc1ccc(-n2cccn2)c(CN(C)CCN2CCCCC2=O)c1. The number of hydrogen-bond donors (Lipinski definition) is 0. The first-order chi connectivity index (χ1) is 12.2. The molecule has 0 bridgehead atoms. The summed E-state index contributed by atoms with van der Waals surface area (Å²) in [4.78, 5) is 16.2. The number of likely N-dealkylation sites (tertiary alicyclic amines) is 1. The van der Waals surface area contributed by atoms with Gasteiger partial charge in [0.05, 0.1) is 12.8 Å². The topological polar surface area (TPSA) is 50.6 Å². The summed E-state index contributed by atoms with van der Waals surface area (Å²) in [5, 5.41) is 4.34. The molecule has 1 saturated heterocycles. The maximum absolute atomic E-state index is 11.9. The summed E-state index contributed by atoms with van der Waals surface area (Å²) in [5.41, 5.74) is 2.20. The highest BCUT2D eigenvalue weighted by Crippen LogP contribution is 2.22. The van der Waals surface area contributed by atoms with Gasteiger partial charge in [-0.15, -0.1) is 0 Å². The molecule has 134 valence electrons. The Bertz CT molecular complexity index is 699. The van der Waals surface area contributed by atoms with Gasteiger partial charge in [0.1, 0.15) is 5.75 Å². The van der Waals surface area contributed by atoms with E-state index in [9.17, 15) is 4.79 Å². The summed E-state index contributed by atoms with van der Waals surface area (Å²) in [6, 6.07) is 7.95.